The molecule has 0 aliphatic heterocycles. The van der Waals surface area contributed by atoms with E-state index in [1.807, 2.05) is 0 Å². The van der Waals surface area contributed by atoms with Gasteiger partial charge in [-0.05, 0) is 77.4 Å². The van der Waals surface area contributed by atoms with Crippen LogP contribution in [0.4, 0.5) is 16.2 Å². The van der Waals surface area contributed by atoms with E-state index in [0.717, 1.165) is 4.90 Å². The minimum absolute atomic E-state index is 0.0112. The zero-order chi connectivity index (χ0) is 46.5. The number of benzene rings is 3. The van der Waals surface area contributed by atoms with Gasteiger partial charge < -0.3 is 45.9 Å². The molecule has 0 aromatic heterocycles. The summed E-state index contributed by atoms with van der Waals surface area (Å²) in [7, 11) is 6.35. The number of fused-ring (bicyclic) bond motifs is 3. The highest BCUT2D eigenvalue weighted by atomic mass is 16.7. The monoisotopic (exact) mass is 867 g/mol. The molecular formula is C45H49N5O13. The molecule has 18 heteroatoms. The van der Waals surface area contributed by atoms with Crippen LogP contribution in [0.25, 0.3) is 5.76 Å². The molecule has 3 aromatic carbocycles. The van der Waals surface area contributed by atoms with Crippen molar-refractivity contribution >= 4 is 58.4 Å². The van der Waals surface area contributed by atoms with Crippen molar-refractivity contribution in [1.82, 2.24) is 9.80 Å². The number of rotatable bonds is 11. The van der Waals surface area contributed by atoms with Crippen molar-refractivity contribution in [3.05, 3.63) is 105 Å². The number of esters is 1. The lowest BCUT2D eigenvalue weighted by atomic mass is 9.57. The molecule has 63 heavy (non-hydrogen) atoms. The highest BCUT2D eigenvalue weighted by Gasteiger charge is 2.64. The predicted molar refractivity (Wildman–Crippen MR) is 227 cm³/mol. The number of nitrogens with zero attached hydrogens (tertiary/aromatic N) is 3. The van der Waals surface area contributed by atoms with E-state index in [1.54, 1.807) is 70.1 Å². The van der Waals surface area contributed by atoms with E-state index in [2.05, 4.69) is 5.32 Å². The number of likely N-dealkylation sites (N-methyl/N-ethyl adjacent to an activating group) is 1. The van der Waals surface area contributed by atoms with Crippen LogP contribution in [0, 0.1) is 11.8 Å². The number of primary amides is 1. The van der Waals surface area contributed by atoms with Gasteiger partial charge in [-0.15, -0.1) is 0 Å². The van der Waals surface area contributed by atoms with E-state index in [9.17, 15) is 54.0 Å². The highest BCUT2D eigenvalue weighted by Crippen LogP contribution is 2.54. The van der Waals surface area contributed by atoms with E-state index in [0.29, 0.717) is 22.4 Å². The number of hydrogen-bond donors (Lipinski definition) is 6. The smallest absolute Gasteiger partial charge is 0.413 e. The largest absolute Gasteiger partial charge is 0.508 e. The summed E-state index contributed by atoms with van der Waals surface area (Å²) in [6, 6.07) is 14.5. The third-order valence-electron chi connectivity index (χ3n) is 11.6. The number of carbonyl (C=O) groups is 7. The standard InChI is InChI=1S/C45H49N5O13/c1-44(2,3)50(43(60)63-21-62-42(59)24-15-13-23(14-16-24)35(52)22-11-9-8-10-12-22)20-30(51)47-28-19-29(48(4)5)26-17-25-18-27-34(49(6)7)38(55)33(41(46)58)40(57)45(27,61)39(56)31(25)37(54)32(26)36(28)53/h8-16,19,25,27,34,53-54,57,61H,17-18,20-21H2,1-7H3,(H2,46,58)(H,47,51)/t25-,27-,34-,45-/m0/s1. The van der Waals surface area contributed by atoms with Gasteiger partial charge in [0.1, 0.15) is 29.4 Å². The van der Waals surface area contributed by atoms with Gasteiger partial charge in [0, 0.05) is 47.9 Å². The zero-order valence-electron chi connectivity index (χ0n) is 35.7. The molecule has 332 valence electrons. The fourth-order valence-corrected chi connectivity index (χ4v) is 8.50. The number of carbonyl (C=O) groups excluding carboxylic acids is 7. The fourth-order valence-electron chi connectivity index (χ4n) is 8.50. The van der Waals surface area contributed by atoms with Crippen molar-refractivity contribution in [3.8, 4) is 5.75 Å². The molecule has 6 rings (SSSR count). The van der Waals surface area contributed by atoms with Gasteiger partial charge in [0.05, 0.1) is 22.9 Å². The van der Waals surface area contributed by atoms with Gasteiger partial charge in [-0.2, -0.15) is 0 Å². The zero-order valence-corrected chi connectivity index (χ0v) is 35.7. The Morgan fingerprint density at radius 1 is 0.889 bits per heavy atom. The molecule has 0 radical (unpaired) electrons. The second-order valence-corrected chi connectivity index (χ2v) is 17.0. The summed E-state index contributed by atoms with van der Waals surface area (Å²) in [5, 5.41) is 49.2. The molecule has 3 amide bonds. The average molecular weight is 868 g/mol. The number of aromatic hydroxyl groups is 1. The summed E-state index contributed by atoms with van der Waals surface area (Å²) in [4.78, 5) is 96.6. The lowest BCUT2D eigenvalue weighted by Crippen LogP contribution is -2.65. The van der Waals surface area contributed by atoms with Crippen LogP contribution < -0.4 is 16.0 Å². The third-order valence-corrected chi connectivity index (χ3v) is 11.6. The van der Waals surface area contributed by atoms with Crippen molar-refractivity contribution in [2.75, 3.05) is 51.7 Å². The van der Waals surface area contributed by atoms with Crippen molar-refractivity contribution in [2.45, 2.75) is 50.8 Å². The second-order valence-electron chi connectivity index (χ2n) is 17.0. The van der Waals surface area contributed by atoms with E-state index in [1.165, 1.54) is 49.3 Å². The van der Waals surface area contributed by atoms with E-state index in [-0.39, 0.29) is 41.0 Å². The Bertz CT molecular complexity index is 2490. The molecular weight excluding hydrogens is 819 g/mol. The number of phenols is 1. The summed E-state index contributed by atoms with van der Waals surface area (Å²) in [6.07, 6.45) is -1.13. The maximum Gasteiger partial charge on any atom is 0.413 e. The number of nitrogens with one attached hydrogen (secondary N) is 1. The minimum Gasteiger partial charge on any atom is -0.508 e. The van der Waals surface area contributed by atoms with Gasteiger partial charge in [-0.3, -0.25) is 33.8 Å². The molecule has 4 atom stereocenters. The number of Topliss-reactive ketones (excluding diaryl/α,β-unsaturated/α-hetero) is 2. The van der Waals surface area contributed by atoms with E-state index in [4.69, 9.17) is 15.2 Å². The first-order chi connectivity index (χ1) is 29.5. The fraction of sp³-hybridized carbons (Fsp3) is 0.356. The SMILES string of the molecule is CN(C)c1cc(NC(=O)CN(C(=O)OCOC(=O)c2ccc(C(=O)c3ccccc3)cc2)C(C)(C)C)c(O)c2c1C[C@H]1C[C@H]3[C@H](N(C)C)C(=O)C(C(N)=O)=C(O)[C@@]3(O)C(=O)C1=C2O. The van der Waals surface area contributed by atoms with Crippen LogP contribution >= 0.6 is 0 Å². The van der Waals surface area contributed by atoms with Crippen LogP contribution in [0.1, 0.15) is 64.6 Å². The van der Waals surface area contributed by atoms with Gasteiger partial charge in [0.2, 0.25) is 18.5 Å². The first-order valence-corrected chi connectivity index (χ1v) is 19.8. The quantitative estimate of drug-likeness (QED) is 0.0531. The summed E-state index contributed by atoms with van der Waals surface area (Å²) < 4.78 is 10.3. The van der Waals surface area contributed by atoms with Crippen LogP contribution in [-0.4, -0.2) is 130 Å². The summed E-state index contributed by atoms with van der Waals surface area (Å²) in [5.74, 6) is -10.0. The van der Waals surface area contributed by atoms with Crippen LogP contribution in [-0.2, 0) is 35.1 Å². The van der Waals surface area contributed by atoms with Crippen molar-refractivity contribution in [1.29, 1.82) is 0 Å². The van der Waals surface area contributed by atoms with Gasteiger partial charge in [-0.1, -0.05) is 42.5 Å². The first kappa shape index (κ1) is 45.5. The molecule has 1 fully saturated rings. The van der Waals surface area contributed by atoms with E-state index >= 15 is 0 Å². The number of phenolic OH excluding ortho intramolecular Hbond substituents is 1. The molecule has 3 aliphatic carbocycles. The molecule has 0 spiro atoms. The van der Waals surface area contributed by atoms with Gasteiger partial charge >= 0.3 is 12.1 Å². The molecule has 0 saturated heterocycles. The number of aliphatic hydroxyl groups excluding tert-OH is 2. The Morgan fingerprint density at radius 2 is 1.49 bits per heavy atom. The number of nitrogens with two attached hydrogens (primary N) is 1. The summed E-state index contributed by atoms with van der Waals surface area (Å²) in [5.41, 5.74) is 1.45. The van der Waals surface area contributed by atoms with Crippen molar-refractivity contribution < 1.29 is 63.5 Å². The molecule has 3 aliphatic rings. The maximum absolute atomic E-state index is 14.3. The van der Waals surface area contributed by atoms with Crippen LogP contribution in [0.15, 0.2) is 77.6 Å². The van der Waals surface area contributed by atoms with Gasteiger partial charge in [-0.25, -0.2) is 9.59 Å². The summed E-state index contributed by atoms with van der Waals surface area (Å²) >= 11 is 0. The second kappa shape index (κ2) is 17.0. The van der Waals surface area contributed by atoms with Crippen molar-refractivity contribution in [3.63, 3.8) is 0 Å². The Labute approximate surface area is 362 Å². The molecule has 0 heterocycles. The van der Waals surface area contributed by atoms with Crippen LogP contribution in [0.3, 0.4) is 0 Å². The Kier molecular flexibility index (Phi) is 12.3. The Hall–Kier alpha value is -7.05. The number of ketones is 3. The van der Waals surface area contributed by atoms with E-state index < -0.39 is 101 Å². The number of ether oxygens (including phenoxy) is 2. The number of anilines is 2. The van der Waals surface area contributed by atoms with Gasteiger partial charge in [0.15, 0.2) is 17.2 Å². The molecule has 0 unspecified atom stereocenters. The summed E-state index contributed by atoms with van der Waals surface area (Å²) in [6.45, 7) is 3.41. The number of aliphatic hydroxyl groups is 3. The van der Waals surface area contributed by atoms with Gasteiger partial charge in [0.25, 0.3) is 5.91 Å². The molecule has 0 bridgehead atoms. The molecule has 3 aromatic rings. The Balaban J connectivity index is 1.21. The molecule has 18 nitrogen and oxygen atoms in total. The van der Waals surface area contributed by atoms with Crippen LogP contribution in [0.5, 0.6) is 5.75 Å². The first-order valence-electron chi connectivity index (χ1n) is 19.8. The minimum atomic E-state index is -2.84. The topological polar surface area (TPSA) is 267 Å². The number of amides is 3. The van der Waals surface area contributed by atoms with Crippen LogP contribution in [0.2, 0.25) is 0 Å². The third kappa shape index (κ3) is 8.21. The molecule has 1 saturated carbocycles. The average Bonchev–Trinajstić information content (AvgIpc) is 3.21. The highest BCUT2D eigenvalue weighted by molar-refractivity contribution is 6.24. The molecule has 7 N–H and O–H groups in total. The normalized spacial score (nSPS) is 20.6. The lowest BCUT2D eigenvalue weighted by Gasteiger charge is -2.50. The van der Waals surface area contributed by atoms with Crippen molar-refractivity contribution in [2.24, 2.45) is 17.6 Å². The predicted octanol–water partition coefficient (Wildman–Crippen LogP) is 3.25. The maximum atomic E-state index is 14.3. The lowest BCUT2D eigenvalue weighted by molar-refractivity contribution is -0.153. The Morgan fingerprint density at radius 3 is 2.06 bits per heavy atom. The number of hydrogen-bond acceptors (Lipinski definition) is 15.